The van der Waals surface area contributed by atoms with Gasteiger partial charge >= 0.3 is 5.97 Å². The van der Waals surface area contributed by atoms with Gasteiger partial charge < -0.3 is 4.74 Å². The molecule has 0 aliphatic rings. The van der Waals surface area contributed by atoms with Gasteiger partial charge in [0.05, 0.1) is 16.2 Å². The maximum absolute atomic E-state index is 12.5. The first-order valence-corrected chi connectivity index (χ1v) is 10.6. The highest BCUT2D eigenvalue weighted by Gasteiger charge is 2.16. The molecule has 3 rings (SSSR count). The maximum Gasteiger partial charge on any atom is 0.343 e. The Kier molecular flexibility index (Phi) is 5.66. The van der Waals surface area contributed by atoms with Crippen molar-refractivity contribution in [3.05, 3.63) is 94.5 Å². The van der Waals surface area contributed by atoms with E-state index in [1.165, 1.54) is 0 Å². The Morgan fingerprint density at radius 3 is 1.93 bits per heavy atom. The second-order valence-corrected chi connectivity index (χ2v) is 8.97. The number of hydrogen-bond donors (Lipinski definition) is 0. The third kappa shape index (κ3) is 4.87. The van der Waals surface area contributed by atoms with Gasteiger partial charge in [-0.3, -0.25) is 0 Å². The van der Waals surface area contributed by atoms with Crippen LogP contribution in [0.3, 0.4) is 0 Å². The van der Waals surface area contributed by atoms with Gasteiger partial charge in [0.2, 0.25) is 0 Å². The van der Waals surface area contributed by atoms with E-state index in [0.717, 1.165) is 16.7 Å². The second-order valence-electron chi connectivity index (χ2n) is 6.98. The molecule has 3 aromatic carbocycles. The van der Waals surface area contributed by atoms with Crippen molar-refractivity contribution in [1.82, 2.24) is 0 Å². The minimum atomic E-state index is -3.44. The molecule has 5 heteroatoms. The first kappa shape index (κ1) is 19.8. The Bertz CT molecular complexity index is 1080. The molecular formula is C23H22O4S. The van der Waals surface area contributed by atoms with E-state index in [2.05, 4.69) is 0 Å². The van der Waals surface area contributed by atoms with Crippen molar-refractivity contribution in [2.45, 2.75) is 31.4 Å². The minimum Gasteiger partial charge on any atom is -0.423 e. The van der Waals surface area contributed by atoms with Gasteiger partial charge in [-0.25, -0.2) is 13.2 Å². The van der Waals surface area contributed by atoms with E-state index in [-0.39, 0.29) is 10.6 Å². The molecule has 0 aromatic heterocycles. The summed E-state index contributed by atoms with van der Waals surface area (Å²) in [5, 5.41) is 0. The zero-order valence-corrected chi connectivity index (χ0v) is 16.9. The summed E-state index contributed by atoms with van der Waals surface area (Å²) in [5.74, 6) is -0.103. The van der Waals surface area contributed by atoms with Crippen molar-refractivity contribution >= 4 is 15.8 Å². The first-order valence-electron chi connectivity index (χ1n) is 8.92. The highest BCUT2D eigenvalue weighted by molar-refractivity contribution is 7.90. The van der Waals surface area contributed by atoms with Gasteiger partial charge in [-0.05, 0) is 73.9 Å². The number of esters is 1. The number of sulfone groups is 1. The molecule has 0 bridgehead atoms. The molecule has 144 valence electrons. The smallest absolute Gasteiger partial charge is 0.343 e. The predicted octanol–water partition coefficient (Wildman–Crippen LogP) is 4.80. The lowest BCUT2D eigenvalue weighted by Crippen LogP contribution is -2.09. The van der Waals surface area contributed by atoms with Gasteiger partial charge in [-0.15, -0.1) is 0 Å². The summed E-state index contributed by atoms with van der Waals surface area (Å²) in [6.45, 7) is 5.79. The van der Waals surface area contributed by atoms with Crippen LogP contribution in [0.1, 0.15) is 32.6 Å². The molecule has 0 fully saturated rings. The second kappa shape index (κ2) is 7.98. The van der Waals surface area contributed by atoms with E-state index in [1.807, 2.05) is 26.8 Å². The zero-order valence-electron chi connectivity index (χ0n) is 16.1. The normalized spacial score (nSPS) is 11.2. The highest BCUT2D eigenvalue weighted by atomic mass is 32.2. The van der Waals surface area contributed by atoms with Crippen LogP contribution in [0.5, 0.6) is 5.75 Å². The SMILES string of the molecule is Cc1ccc(S(=O)(=O)Cc2ccc(C(=O)Oc3cc(C)cc(C)c3)cc2)cc1. The molecule has 0 saturated heterocycles. The van der Waals surface area contributed by atoms with E-state index in [4.69, 9.17) is 4.74 Å². The lowest BCUT2D eigenvalue weighted by atomic mass is 10.1. The monoisotopic (exact) mass is 394 g/mol. The van der Waals surface area contributed by atoms with Crippen molar-refractivity contribution in [3.63, 3.8) is 0 Å². The molecule has 0 saturated carbocycles. The molecular weight excluding hydrogens is 372 g/mol. The fourth-order valence-corrected chi connectivity index (χ4v) is 4.29. The molecule has 0 radical (unpaired) electrons. The molecule has 0 aliphatic carbocycles. The van der Waals surface area contributed by atoms with Gasteiger partial charge in [-0.1, -0.05) is 35.9 Å². The molecule has 28 heavy (non-hydrogen) atoms. The average molecular weight is 394 g/mol. The minimum absolute atomic E-state index is 0.123. The van der Waals surface area contributed by atoms with Crippen LogP contribution in [0.4, 0.5) is 0 Å². The Hall–Kier alpha value is -2.92. The van der Waals surface area contributed by atoms with E-state index < -0.39 is 15.8 Å². The van der Waals surface area contributed by atoms with Crippen molar-refractivity contribution in [3.8, 4) is 5.75 Å². The van der Waals surface area contributed by atoms with Crippen LogP contribution in [-0.2, 0) is 15.6 Å². The van der Waals surface area contributed by atoms with Gasteiger partial charge in [-0.2, -0.15) is 0 Å². The number of hydrogen-bond acceptors (Lipinski definition) is 4. The van der Waals surface area contributed by atoms with Gasteiger partial charge in [0.25, 0.3) is 0 Å². The van der Waals surface area contributed by atoms with Crippen LogP contribution in [0.25, 0.3) is 0 Å². The Labute approximate surface area is 165 Å². The topological polar surface area (TPSA) is 60.4 Å². The van der Waals surface area contributed by atoms with Crippen LogP contribution in [0, 0.1) is 20.8 Å². The van der Waals surface area contributed by atoms with E-state index in [1.54, 1.807) is 60.7 Å². The summed E-state index contributed by atoms with van der Waals surface area (Å²) < 4.78 is 30.5. The fraction of sp³-hybridized carbons (Fsp3) is 0.174. The third-order valence-electron chi connectivity index (χ3n) is 4.33. The lowest BCUT2D eigenvalue weighted by Gasteiger charge is -2.08. The number of ether oxygens (including phenoxy) is 1. The molecule has 0 unspecified atom stereocenters. The standard InChI is InChI=1S/C23H22O4S/c1-16-4-10-22(11-5-16)28(25,26)15-19-6-8-20(9-7-19)23(24)27-21-13-17(2)12-18(3)14-21/h4-14H,15H2,1-3H3. The van der Waals surface area contributed by atoms with E-state index >= 15 is 0 Å². The van der Waals surface area contributed by atoms with Crippen molar-refractivity contribution in [1.29, 1.82) is 0 Å². The van der Waals surface area contributed by atoms with Crippen LogP contribution in [-0.4, -0.2) is 14.4 Å². The third-order valence-corrected chi connectivity index (χ3v) is 6.04. The van der Waals surface area contributed by atoms with Gasteiger partial charge in [0.1, 0.15) is 5.75 Å². The van der Waals surface area contributed by atoms with Crippen molar-refractivity contribution < 1.29 is 17.9 Å². The zero-order chi connectivity index (χ0) is 20.3. The predicted molar refractivity (Wildman–Crippen MR) is 109 cm³/mol. The highest BCUT2D eigenvalue weighted by Crippen LogP contribution is 2.20. The van der Waals surface area contributed by atoms with Gasteiger partial charge in [0, 0.05) is 0 Å². The van der Waals surface area contributed by atoms with Crippen LogP contribution < -0.4 is 4.74 Å². The molecule has 0 spiro atoms. The summed E-state index contributed by atoms with van der Waals surface area (Å²) in [5.41, 5.74) is 4.02. The molecule has 0 amide bonds. The van der Waals surface area contributed by atoms with Crippen molar-refractivity contribution in [2.75, 3.05) is 0 Å². The Balaban J connectivity index is 1.72. The molecule has 0 heterocycles. The molecule has 3 aromatic rings. The Morgan fingerprint density at radius 1 is 0.786 bits per heavy atom. The molecule has 4 nitrogen and oxygen atoms in total. The summed E-state index contributed by atoms with van der Waals surface area (Å²) in [6.07, 6.45) is 0. The molecule has 0 aliphatic heterocycles. The summed E-state index contributed by atoms with van der Waals surface area (Å²) in [6, 6.07) is 18.8. The average Bonchev–Trinajstić information content (AvgIpc) is 2.61. The summed E-state index contributed by atoms with van der Waals surface area (Å²) in [7, 11) is -3.44. The first-order chi connectivity index (χ1) is 13.2. The van der Waals surface area contributed by atoms with Crippen molar-refractivity contribution in [2.24, 2.45) is 0 Å². The number of aryl methyl sites for hydroxylation is 3. The number of benzene rings is 3. The maximum atomic E-state index is 12.5. The van der Waals surface area contributed by atoms with Crippen LogP contribution in [0.15, 0.2) is 71.6 Å². The summed E-state index contributed by atoms with van der Waals surface area (Å²) in [4.78, 5) is 12.6. The molecule has 0 atom stereocenters. The number of carbonyl (C=O) groups excluding carboxylic acids is 1. The van der Waals surface area contributed by atoms with Crippen LogP contribution >= 0.6 is 0 Å². The largest absolute Gasteiger partial charge is 0.423 e. The van der Waals surface area contributed by atoms with Gasteiger partial charge in [0.15, 0.2) is 9.84 Å². The fourth-order valence-electron chi connectivity index (χ4n) is 2.94. The van der Waals surface area contributed by atoms with E-state index in [9.17, 15) is 13.2 Å². The van der Waals surface area contributed by atoms with Crippen LogP contribution in [0.2, 0.25) is 0 Å². The summed E-state index contributed by atoms with van der Waals surface area (Å²) >= 11 is 0. The number of rotatable bonds is 5. The van der Waals surface area contributed by atoms with E-state index in [0.29, 0.717) is 16.9 Å². The molecule has 0 N–H and O–H groups in total. The number of carbonyl (C=O) groups is 1. The quantitative estimate of drug-likeness (QED) is 0.460. The lowest BCUT2D eigenvalue weighted by molar-refractivity contribution is 0.0734. The Morgan fingerprint density at radius 2 is 1.36 bits per heavy atom.